The summed E-state index contributed by atoms with van der Waals surface area (Å²) in [5.74, 6) is 2.03. The van der Waals surface area contributed by atoms with Crippen LogP contribution in [0.5, 0.6) is 0 Å². The molecule has 0 atom stereocenters. The molecular weight excluding hydrogens is 146 g/mol. The number of allylic oxidation sites excluding steroid dienone is 1. The van der Waals surface area contributed by atoms with Crippen LogP contribution in [0, 0.1) is 16.7 Å². The second-order valence-corrected chi connectivity index (χ2v) is 2.27. The van der Waals surface area contributed by atoms with Gasteiger partial charge in [0.25, 0.3) is 0 Å². The number of hydrogen-bond acceptors (Lipinski definition) is 3. The first-order valence-corrected chi connectivity index (χ1v) is 3.46. The quantitative estimate of drug-likeness (QED) is 0.356. The minimum absolute atomic E-state index is 0.209. The molecule has 10 heavy (non-hydrogen) atoms. The van der Waals surface area contributed by atoms with Gasteiger partial charge in [-0.2, -0.15) is 5.26 Å². The molecule has 0 fully saturated rings. The Morgan fingerprint density at radius 2 is 2.50 bits per heavy atom. The zero-order valence-corrected chi connectivity index (χ0v) is 5.85. The zero-order chi connectivity index (χ0) is 7.40. The fourth-order valence-corrected chi connectivity index (χ4v) is 1.09. The van der Waals surface area contributed by atoms with Crippen molar-refractivity contribution in [3.05, 3.63) is 17.1 Å². The molecule has 0 unspecified atom stereocenters. The van der Waals surface area contributed by atoms with Gasteiger partial charge in [-0.3, -0.25) is 5.41 Å². The summed E-state index contributed by atoms with van der Waals surface area (Å²) in [6.45, 7) is 0. The molecule has 0 bridgehead atoms. The van der Waals surface area contributed by atoms with Gasteiger partial charge in [0.2, 0.25) is 5.51 Å². The Hall–Kier alpha value is -1.43. The van der Waals surface area contributed by atoms with E-state index in [9.17, 15) is 0 Å². The molecule has 1 heterocycles. The van der Waals surface area contributed by atoms with Gasteiger partial charge in [0.05, 0.1) is 11.2 Å². The highest BCUT2D eigenvalue weighted by Gasteiger charge is 2.06. The molecule has 0 aliphatic carbocycles. The second kappa shape index (κ2) is 2.92. The summed E-state index contributed by atoms with van der Waals surface area (Å²) in [6.07, 6.45) is 1.71. The minimum Gasteiger partial charge on any atom is -0.252 e. The van der Waals surface area contributed by atoms with Crippen molar-refractivity contribution in [3.63, 3.8) is 0 Å². The van der Waals surface area contributed by atoms with Gasteiger partial charge >= 0.3 is 5.70 Å². The molecular formula is C6H4N3S+. The van der Waals surface area contributed by atoms with Crippen LogP contribution >= 0.6 is 11.3 Å². The number of aromatic nitrogens is 1. The van der Waals surface area contributed by atoms with E-state index < -0.39 is 0 Å². The Labute approximate surface area is 62.0 Å². The van der Waals surface area contributed by atoms with E-state index in [0.717, 1.165) is 0 Å². The van der Waals surface area contributed by atoms with Gasteiger partial charge in [-0.25, -0.2) is 0 Å². The molecule has 0 saturated carbocycles. The predicted molar refractivity (Wildman–Crippen MR) is 37.6 cm³/mol. The summed E-state index contributed by atoms with van der Waals surface area (Å²) in [5.41, 5.74) is 1.95. The van der Waals surface area contributed by atoms with E-state index >= 15 is 0 Å². The molecule has 0 amide bonds. The lowest BCUT2D eigenvalue weighted by Gasteiger charge is -1.76. The normalized spacial score (nSPS) is 7.90. The van der Waals surface area contributed by atoms with E-state index in [1.54, 1.807) is 16.3 Å². The summed E-state index contributed by atoms with van der Waals surface area (Å²) in [4.78, 5) is 0. The van der Waals surface area contributed by atoms with E-state index in [1.165, 1.54) is 11.3 Å². The molecule has 0 aliphatic heterocycles. The maximum Gasteiger partial charge on any atom is 0.352 e. The largest absolute Gasteiger partial charge is 0.352 e. The first-order valence-electron chi connectivity index (χ1n) is 2.52. The van der Waals surface area contributed by atoms with Gasteiger partial charge in [0.1, 0.15) is 0 Å². The van der Waals surface area contributed by atoms with Crippen molar-refractivity contribution < 1.29 is 4.57 Å². The van der Waals surface area contributed by atoms with Crippen molar-refractivity contribution in [1.29, 1.82) is 10.7 Å². The highest BCUT2D eigenvalue weighted by molar-refractivity contribution is 7.07. The third-order valence-electron chi connectivity index (χ3n) is 0.957. The number of nitrogens with one attached hydrogen (secondary N) is 1. The fraction of sp³-hybridized carbons (Fsp3) is 0. The minimum atomic E-state index is 0.209. The van der Waals surface area contributed by atoms with Gasteiger partial charge in [0, 0.05) is 0 Å². The highest BCUT2D eigenvalue weighted by atomic mass is 32.1. The van der Waals surface area contributed by atoms with Gasteiger partial charge in [0.15, 0.2) is 12.3 Å². The summed E-state index contributed by atoms with van der Waals surface area (Å²) in [6, 6.07) is 1.84. The second-order valence-electron chi connectivity index (χ2n) is 1.52. The lowest BCUT2D eigenvalue weighted by molar-refractivity contribution is -0.570. The molecule has 4 heteroatoms. The third kappa shape index (κ3) is 1.11. The first-order chi connectivity index (χ1) is 4.88. The van der Waals surface area contributed by atoms with Crippen LogP contribution in [-0.2, 0) is 0 Å². The molecule has 0 aromatic carbocycles. The van der Waals surface area contributed by atoms with E-state index in [-0.39, 0.29) is 5.70 Å². The lowest BCUT2D eigenvalue weighted by atomic mass is 10.5. The Kier molecular flexibility index (Phi) is 1.96. The monoisotopic (exact) mass is 150 g/mol. The zero-order valence-electron chi connectivity index (χ0n) is 5.03. The molecule has 0 aliphatic rings. The standard InChI is InChI=1S/C6H4N3S/c7-3-6(4-8)9-1-2-10-5-9/h1-2,5,7H/q+1. The summed E-state index contributed by atoms with van der Waals surface area (Å²) < 4.78 is 1.55. The topological polar surface area (TPSA) is 51.5 Å². The van der Waals surface area contributed by atoms with Crippen LogP contribution in [0.15, 0.2) is 17.1 Å². The molecule has 3 nitrogen and oxygen atoms in total. The number of nitrogens with zero attached hydrogens (tertiary/aromatic N) is 2. The summed E-state index contributed by atoms with van der Waals surface area (Å²) in [7, 11) is 0. The highest BCUT2D eigenvalue weighted by Crippen LogP contribution is 1.91. The van der Waals surface area contributed by atoms with E-state index in [2.05, 4.69) is 0 Å². The number of nitriles is 1. The maximum atomic E-state index is 8.41. The van der Waals surface area contributed by atoms with Gasteiger partial charge in [-0.05, 0) is 0 Å². The smallest absolute Gasteiger partial charge is 0.252 e. The number of hydrogen-bond donors (Lipinski definition) is 1. The summed E-state index contributed by atoms with van der Waals surface area (Å²) >= 11 is 1.47. The Morgan fingerprint density at radius 3 is 2.90 bits per heavy atom. The van der Waals surface area contributed by atoms with Gasteiger partial charge < -0.3 is 0 Å². The van der Waals surface area contributed by atoms with Crippen LogP contribution in [0.3, 0.4) is 0 Å². The fourth-order valence-electron chi connectivity index (χ4n) is 0.514. The van der Waals surface area contributed by atoms with E-state index in [1.807, 2.05) is 17.3 Å². The molecule has 1 aromatic heterocycles. The van der Waals surface area contributed by atoms with Crippen molar-refractivity contribution in [2.75, 3.05) is 0 Å². The molecule has 48 valence electrons. The number of rotatable bonds is 1. The Bertz CT molecular complexity index is 300. The van der Waals surface area contributed by atoms with Crippen LogP contribution in [0.25, 0.3) is 5.70 Å². The Morgan fingerprint density at radius 1 is 1.70 bits per heavy atom. The van der Waals surface area contributed by atoms with Crippen molar-refractivity contribution in [3.8, 4) is 6.07 Å². The van der Waals surface area contributed by atoms with Gasteiger partial charge in [-0.15, -0.1) is 4.57 Å². The average molecular weight is 150 g/mol. The van der Waals surface area contributed by atoms with E-state index in [4.69, 9.17) is 10.7 Å². The maximum absolute atomic E-state index is 8.41. The molecule has 1 N–H and O–H groups in total. The van der Waals surface area contributed by atoms with Crippen LogP contribution < -0.4 is 4.57 Å². The molecule has 0 spiro atoms. The SMILES string of the molecule is N#CC(=C=N)[n+]1ccsc1. The van der Waals surface area contributed by atoms with Crippen LogP contribution in [0.2, 0.25) is 0 Å². The van der Waals surface area contributed by atoms with Crippen molar-refractivity contribution in [2.24, 2.45) is 0 Å². The van der Waals surface area contributed by atoms with Crippen molar-refractivity contribution in [1.82, 2.24) is 0 Å². The van der Waals surface area contributed by atoms with E-state index in [0.29, 0.717) is 0 Å². The van der Waals surface area contributed by atoms with Crippen molar-refractivity contribution >= 4 is 22.9 Å². The van der Waals surface area contributed by atoms with Crippen LogP contribution in [-0.4, -0.2) is 5.87 Å². The Balaban J connectivity index is 3.11. The molecule has 1 aromatic rings. The number of thiazole rings is 1. The molecule has 0 saturated heterocycles. The van der Waals surface area contributed by atoms with Crippen LogP contribution in [0.1, 0.15) is 0 Å². The molecule has 0 radical (unpaired) electrons. The average Bonchev–Trinajstić information content (AvgIpc) is 2.43. The summed E-state index contributed by atoms with van der Waals surface area (Å²) in [5, 5.41) is 17.0. The lowest BCUT2D eigenvalue weighted by Crippen LogP contribution is -2.27. The third-order valence-corrected chi connectivity index (χ3v) is 1.58. The predicted octanol–water partition coefficient (Wildman–Crippen LogP) is 0.649. The first kappa shape index (κ1) is 6.69. The molecule has 1 rings (SSSR count). The van der Waals surface area contributed by atoms with Gasteiger partial charge in [-0.1, -0.05) is 11.3 Å². The van der Waals surface area contributed by atoms with Crippen LogP contribution in [0.4, 0.5) is 0 Å². The van der Waals surface area contributed by atoms with Crippen molar-refractivity contribution in [2.45, 2.75) is 0 Å².